The van der Waals surface area contributed by atoms with Crippen LogP contribution in [-0.4, -0.2) is 19.3 Å². The van der Waals surface area contributed by atoms with Crippen molar-refractivity contribution in [1.29, 1.82) is 0 Å². The Morgan fingerprint density at radius 2 is 1.81 bits per heavy atom. The molecule has 0 bridgehead atoms. The van der Waals surface area contributed by atoms with Crippen molar-refractivity contribution in [3.8, 4) is 0 Å². The summed E-state index contributed by atoms with van der Waals surface area (Å²) in [6.07, 6.45) is 4.03. The summed E-state index contributed by atoms with van der Waals surface area (Å²) in [5.74, 6) is 0. The first-order valence-electron chi connectivity index (χ1n) is 7.30. The molecule has 3 rings (SSSR count). The van der Waals surface area contributed by atoms with Crippen LogP contribution in [0.25, 0.3) is 0 Å². The smallest absolute Gasteiger partial charge is 0.207 e. The highest BCUT2D eigenvalue weighted by molar-refractivity contribution is 7.89. The van der Waals surface area contributed by atoms with Crippen molar-refractivity contribution < 1.29 is 8.42 Å². The van der Waals surface area contributed by atoms with Crippen molar-refractivity contribution in [3.63, 3.8) is 0 Å². The third-order valence-corrected chi connectivity index (χ3v) is 6.82. The minimum absolute atomic E-state index is 0.0160. The van der Waals surface area contributed by atoms with E-state index in [1.165, 1.54) is 0 Å². The lowest BCUT2D eigenvalue weighted by Crippen LogP contribution is -2.34. The maximum atomic E-state index is 13.0. The Bertz CT molecular complexity index is 666. The summed E-state index contributed by atoms with van der Waals surface area (Å²) in [6.45, 7) is 0.611. The van der Waals surface area contributed by atoms with E-state index in [1.54, 1.807) is 39.9 Å². The fourth-order valence-corrected chi connectivity index (χ4v) is 5.50. The number of sulfonamides is 1. The molecule has 1 aliphatic heterocycles. The first-order valence-corrected chi connectivity index (χ1v) is 9.62. The predicted octanol–water partition coefficient (Wildman–Crippen LogP) is 4.05. The molecule has 21 heavy (non-hydrogen) atoms. The van der Waals surface area contributed by atoms with E-state index in [1.807, 2.05) is 23.6 Å². The number of nitrogens with zero attached hydrogens (tertiary/aromatic N) is 1. The third kappa shape index (κ3) is 3.05. The van der Waals surface area contributed by atoms with Gasteiger partial charge in [-0.3, -0.25) is 0 Å². The molecular weight excluding hydrogens is 302 g/mol. The van der Waals surface area contributed by atoms with Crippen molar-refractivity contribution in [2.75, 3.05) is 6.54 Å². The van der Waals surface area contributed by atoms with Crippen molar-refractivity contribution in [2.24, 2.45) is 0 Å². The zero-order chi connectivity index (χ0) is 14.7. The van der Waals surface area contributed by atoms with Crippen LogP contribution in [0.4, 0.5) is 0 Å². The van der Waals surface area contributed by atoms with E-state index in [4.69, 9.17) is 0 Å². The molecular formula is C16H19NO2S2. The summed E-state index contributed by atoms with van der Waals surface area (Å²) < 4.78 is 27.7. The zero-order valence-electron chi connectivity index (χ0n) is 11.8. The van der Waals surface area contributed by atoms with Gasteiger partial charge in [0.05, 0.1) is 10.9 Å². The fourth-order valence-electron chi connectivity index (χ4n) is 2.86. The Kier molecular flexibility index (Phi) is 4.42. The van der Waals surface area contributed by atoms with Crippen molar-refractivity contribution in [1.82, 2.24) is 4.31 Å². The standard InChI is InChI=1S/C16H19NO2S2/c18-21(19,14-8-3-1-4-9-14)17-12-6-2-5-10-15(17)16-11-7-13-20-16/h1,3-4,7-9,11,13,15H,2,5-6,10,12H2/t15-/m0/s1. The highest BCUT2D eigenvalue weighted by Crippen LogP contribution is 2.36. The number of rotatable bonds is 3. The van der Waals surface area contributed by atoms with Gasteiger partial charge in [0, 0.05) is 11.4 Å². The van der Waals surface area contributed by atoms with Gasteiger partial charge in [-0.1, -0.05) is 37.1 Å². The topological polar surface area (TPSA) is 37.4 Å². The van der Waals surface area contributed by atoms with Gasteiger partial charge in [0.15, 0.2) is 0 Å². The van der Waals surface area contributed by atoms with Gasteiger partial charge in [0.2, 0.25) is 10.0 Å². The van der Waals surface area contributed by atoms with E-state index in [2.05, 4.69) is 0 Å². The number of benzene rings is 1. The molecule has 5 heteroatoms. The molecule has 1 fully saturated rings. The molecule has 0 unspecified atom stereocenters. The number of hydrogen-bond donors (Lipinski definition) is 0. The summed E-state index contributed by atoms with van der Waals surface area (Å²) >= 11 is 1.65. The molecule has 0 amide bonds. The van der Waals surface area contributed by atoms with Crippen LogP contribution in [0.5, 0.6) is 0 Å². The summed E-state index contributed by atoms with van der Waals surface area (Å²) in [4.78, 5) is 1.55. The summed E-state index contributed by atoms with van der Waals surface area (Å²) in [7, 11) is -3.42. The average Bonchev–Trinajstić information content (AvgIpc) is 2.92. The maximum absolute atomic E-state index is 13.0. The lowest BCUT2D eigenvalue weighted by molar-refractivity contribution is 0.333. The predicted molar refractivity (Wildman–Crippen MR) is 85.9 cm³/mol. The molecule has 1 saturated heterocycles. The first kappa shape index (κ1) is 14.8. The molecule has 0 radical (unpaired) electrons. The second-order valence-electron chi connectivity index (χ2n) is 5.31. The molecule has 2 aromatic rings. The van der Waals surface area contributed by atoms with Crippen molar-refractivity contribution in [2.45, 2.75) is 36.6 Å². The summed E-state index contributed by atoms with van der Waals surface area (Å²) in [5, 5.41) is 2.02. The quantitative estimate of drug-likeness (QED) is 0.855. The largest absolute Gasteiger partial charge is 0.243 e. The molecule has 1 atom stereocenters. The molecule has 2 heterocycles. The number of hydrogen-bond acceptors (Lipinski definition) is 3. The molecule has 0 saturated carbocycles. The van der Waals surface area contributed by atoms with E-state index in [0.29, 0.717) is 11.4 Å². The van der Waals surface area contributed by atoms with Crippen molar-refractivity contribution in [3.05, 3.63) is 52.7 Å². The minimum atomic E-state index is -3.42. The lowest BCUT2D eigenvalue weighted by Gasteiger charge is -2.28. The Labute approximate surface area is 130 Å². The minimum Gasteiger partial charge on any atom is -0.207 e. The van der Waals surface area contributed by atoms with Gasteiger partial charge < -0.3 is 0 Å². The number of thiophene rings is 1. The Hall–Kier alpha value is -1.17. The van der Waals surface area contributed by atoms with Gasteiger partial charge in [-0.05, 0) is 36.4 Å². The summed E-state index contributed by atoms with van der Waals surface area (Å²) in [6, 6.07) is 12.8. The van der Waals surface area contributed by atoms with Crippen LogP contribution in [-0.2, 0) is 10.0 Å². The molecule has 0 N–H and O–H groups in total. The molecule has 112 valence electrons. The lowest BCUT2D eigenvalue weighted by atomic mass is 10.1. The Morgan fingerprint density at radius 3 is 2.52 bits per heavy atom. The molecule has 0 aliphatic carbocycles. The van der Waals surface area contributed by atoms with Crippen LogP contribution in [0.3, 0.4) is 0 Å². The van der Waals surface area contributed by atoms with Crippen LogP contribution in [0, 0.1) is 0 Å². The van der Waals surface area contributed by atoms with Crippen LogP contribution < -0.4 is 0 Å². The fraction of sp³-hybridized carbons (Fsp3) is 0.375. The average molecular weight is 321 g/mol. The van der Waals surface area contributed by atoms with E-state index >= 15 is 0 Å². The summed E-state index contributed by atoms with van der Waals surface area (Å²) in [5.41, 5.74) is 0. The highest BCUT2D eigenvalue weighted by atomic mass is 32.2. The van der Waals surface area contributed by atoms with E-state index in [0.717, 1.165) is 30.6 Å². The van der Waals surface area contributed by atoms with Crippen molar-refractivity contribution >= 4 is 21.4 Å². The SMILES string of the molecule is O=S(=O)(c1ccccc1)N1CCCCC[C@H]1c1cccs1. The van der Waals surface area contributed by atoms with Gasteiger partial charge in [-0.25, -0.2) is 8.42 Å². The molecule has 1 aromatic carbocycles. The van der Waals surface area contributed by atoms with Gasteiger partial charge in [-0.2, -0.15) is 4.31 Å². The van der Waals surface area contributed by atoms with E-state index < -0.39 is 10.0 Å². The molecule has 1 aliphatic rings. The van der Waals surface area contributed by atoms with Crippen LogP contribution in [0.1, 0.15) is 36.6 Å². The van der Waals surface area contributed by atoms with Gasteiger partial charge in [0.1, 0.15) is 0 Å². The Morgan fingerprint density at radius 1 is 1.00 bits per heavy atom. The second kappa shape index (κ2) is 6.30. The molecule has 3 nitrogen and oxygen atoms in total. The zero-order valence-corrected chi connectivity index (χ0v) is 13.4. The maximum Gasteiger partial charge on any atom is 0.243 e. The van der Waals surface area contributed by atoms with Gasteiger partial charge >= 0.3 is 0 Å². The molecule has 1 aromatic heterocycles. The van der Waals surface area contributed by atoms with Gasteiger partial charge in [-0.15, -0.1) is 11.3 Å². The second-order valence-corrected chi connectivity index (χ2v) is 8.18. The first-order chi connectivity index (χ1) is 10.2. The molecule has 0 spiro atoms. The third-order valence-electron chi connectivity index (χ3n) is 3.93. The normalized spacial score (nSPS) is 21.0. The van der Waals surface area contributed by atoms with Gasteiger partial charge in [0.25, 0.3) is 0 Å². The Balaban J connectivity index is 2.00. The van der Waals surface area contributed by atoms with Crippen LogP contribution in [0.2, 0.25) is 0 Å². The van der Waals surface area contributed by atoms with Crippen LogP contribution in [0.15, 0.2) is 52.7 Å². The van der Waals surface area contributed by atoms with E-state index in [9.17, 15) is 8.42 Å². The monoisotopic (exact) mass is 321 g/mol. The highest BCUT2D eigenvalue weighted by Gasteiger charge is 2.33. The van der Waals surface area contributed by atoms with E-state index in [-0.39, 0.29) is 6.04 Å². The van der Waals surface area contributed by atoms with Crippen LogP contribution >= 0.6 is 11.3 Å².